The Kier molecular flexibility index (Phi) is 14.3. The van der Waals surface area contributed by atoms with E-state index in [1.165, 1.54) is 0 Å². The Morgan fingerprint density at radius 3 is 0.597 bits per heavy atom. The number of aromatic hydroxyl groups is 4. The average Bonchev–Trinajstić information content (AvgIpc) is 3.36. The first-order chi connectivity index (χ1) is 34.0. The van der Waals surface area contributed by atoms with Crippen molar-refractivity contribution < 1.29 is 74.7 Å². The van der Waals surface area contributed by atoms with Crippen molar-refractivity contribution in [3.8, 4) is 45.3 Å². The van der Waals surface area contributed by atoms with Crippen molar-refractivity contribution in [2.75, 3.05) is 0 Å². The van der Waals surface area contributed by atoms with Gasteiger partial charge in [-0.2, -0.15) is 35.1 Å². The number of hydrogen-bond acceptors (Lipinski definition) is 8. The van der Waals surface area contributed by atoms with E-state index in [-0.39, 0.29) is 23.0 Å². The van der Waals surface area contributed by atoms with Crippen molar-refractivity contribution in [1.29, 1.82) is 0 Å². The minimum atomic E-state index is -2.20. The van der Waals surface area contributed by atoms with Crippen molar-refractivity contribution >= 4 is 66.2 Å². The van der Waals surface area contributed by atoms with Gasteiger partial charge in [0.05, 0.1) is 0 Å². The fourth-order valence-electron chi connectivity index (χ4n) is 7.98. The highest BCUT2D eigenvalue weighted by Gasteiger charge is 2.38. The predicted molar refractivity (Wildman–Crippen MR) is 256 cm³/mol. The molecule has 4 N–H and O–H groups in total. The maximum absolute atomic E-state index is 12.1. The average molecular weight is 989 g/mol. The Hall–Kier alpha value is -8.92. The number of hydrogen-bond donors (Lipinski definition) is 4. The number of aryl methyl sites for hydroxylation is 4. The second-order valence-corrected chi connectivity index (χ2v) is 16.6. The number of benzene rings is 8. The summed E-state index contributed by atoms with van der Waals surface area (Å²) < 4.78 is 97.1. The molecule has 364 valence electrons. The lowest BCUT2D eigenvalue weighted by atomic mass is 9.91. The molecule has 0 radical (unpaired) electrons. The molecule has 0 saturated heterocycles. The van der Waals surface area contributed by atoms with Gasteiger partial charge in [-0.15, -0.1) is 0 Å². The lowest BCUT2D eigenvalue weighted by molar-refractivity contribution is -0.120. The Morgan fingerprint density at radius 2 is 0.431 bits per heavy atom. The quantitative estimate of drug-likeness (QED) is 0.0988. The van der Waals surface area contributed by atoms with Crippen LogP contribution in [0.25, 0.3) is 65.3 Å². The first kappa shape index (κ1) is 50.9. The third kappa shape index (κ3) is 9.66. The molecule has 10 rings (SSSR count). The number of carbonyl (C=O) groups is 4. The zero-order valence-corrected chi connectivity index (χ0v) is 38.0. The summed E-state index contributed by atoms with van der Waals surface area (Å²) in [5.41, 5.74) is 7.38. The molecule has 8 aromatic rings. The molecule has 0 aromatic heterocycles. The van der Waals surface area contributed by atoms with E-state index in [9.17, 15) is 74.7 Å². The smallest absolute Gasteiger partial charge is 0.256 e. The lowest BCUT2D eigenvalue weighted by Gasteiger charge is -2.14. The van der Waals surface area contributed by atoms with Crippen LogP contribution in [0.5, 0.6) is 23.0 Å². The summed E-state index contributed by atoms with van der Waals surface area (Å²) in [4.78, 5) is 40.8. The van der Waals surface area contributed by atoms with Gasteiger partial charge in [0.2, 0.25) is 46.6 Å². The summed E-state index contributed by atoms with van der Waals surface area (Å²) in [5, 5.41) is 50.2. The third-order valence-corrected chi connectivity index (χ3v) is 11.5. The molecule has 0 fully saturated rings. The molecule has 0 heterocycles. The van der Waals surface area contributed by atoms with E-state index < -0.39 is 69.7 Å². The molecule has 8 nitrogen and oxygen atoms in total. The maximum Gasteiger partial charge on any atom is 0.256 e. The molecular formula is C56H36F8O8. The molecular weight excluding hydrogens is 953 g/mol. The molecule has 72 heavy (non-hydrogen) atoms. The van der Waals surface area contributed by atoms with Crippen LogP contribution in [0.4, 0.5) is 35.1 Å². The SMILES string of the molecule is Cc1ccc2c(-c3c(O)ccc4cc(C)ccc34)c(O)ccc2c1.Cc1ccc2c(-c3c(O)ccc4cc(C)ccc34)c(O)ccc2c1.O=C1C(F)=C(F)C(=O)C(F)=C1F.O=C1C(F)=C(F)C(=O)C(F)=C1F. The van der Waals surface area contributed by atoms with Crippen LogP contribution in [-0.4, -0.2) is 43.6 Å². The highest BCUT2D eigenvalue weighted by molar-refractivity contribution is 6.22. The Labute approximate surface area is 403 Å². The topological polar surface area (TPSA) is 149 Å². The number of phenolic OH excluding ortho intramolecular Hbond substituents is 4. The van der Waals surface area contributed by atoms with Gasteiger partial charge in [-0.05, 0) is 95.1 Å². The minimum Gasteiger partial charge on any atom is -0.507 e. The molecule has 0 saturated carbocycles. The van der Waals surface area contributed by atoms with Crippen LogP contribution >= 0.6 is 0 Å². The van der Waals surface area contributed by atoms with Gasteiger partial charge in [0.15, 0.2) is 0 Å². The van der Waals surface area contributed by atoms with Crippen molar-refractivity contribution in [3.05, 3.63) is 190 Å². The summed E-state index contributed by atoms with van der Waals surface area (Å²) in [6, 6.07) is 38.9. The first-order valence-electron chi connectivity index (χ1n) is 21.3. The number of Topliss-reactive ketones (excluding diaryl/α,β-unsaturated/α-hetero) is 4. The van der Waals surface area contributed by atoms with Crippen LogP contribution < -0.4 is 0 Å². The number of rotatable bonds is 2. The van der Waals surface area contributed by atoms with Gasteiger partial charge in [0, 0.05) is 22.3 Å². The zero-order chi connectivity index (χ0) is 52.6. The zero-order valence-electron chi connectivity index (χ0n) is 38.0. The van der Waals surface area contributed by atoms with Gasteiger partial charge in [-0.1, -0.05) is 119 Å². The molecule has 0 atom stereocenters. The lowest BCUT2D eigenvalue weighted by Crippen LogP contribution is -2.16. The van der Waals surface area contributed by atoms with Crippen LogP contribution in [0.1, 0.15) is 22.3 Å². The molecule has 2 aliphatic carbocycles. The van der Waals surface area contributed by atoms with Crippen LogP contribution in [0.15, 0.2) is 168 Å². The molecule has 0 bridgehead atoms. The normalized spacial score (nSPS) is 13.9. The van der Waals surface area contributed by atoms with E-state index in [1.807, 2.05) is 100 Å². The molecule has 0 unspecified atom stereocenters. The van der Waals surface area contributed by atoms with E-state index in [1.54, 1.807) is 24.3 Å². The van der Waals surface area contributed by atoms with Gasteiger partial charge in [-0.25, -0.2) is 0 Å². The van der Waals surface area contributed by atoms with E-state index >= 15 is 0 Å². The highest BCUT2D eigenvalue weighted by atomic mass is 19.2. The summed E-state index contributed by atoms with van der Waals surface area (Å²) in [7, 11) is 0. The highest BCUT2D eigenvalue weighted by Crippen LogP contribution is 2.46. The number of phenols is 4. The fourth-order valence-corrected chi connectivity index (χ4v) is 7.98. The van der Waals surface area contributed by atoms with Gasteiger partial charge < -0.3 is 20.4 Å². The van der Waals surface area contributed by atoms with Crippen molar-refractivity contribution in [2.45, 2.75) is 27.7 Å². The van der Waals surface area contributed by atoms with Crippen molar-refractivity contribution in [3.63, 3.8) is 0 Å². The van der Waals surface area contributed by atoms with Crippen molar-refractivity contribution in [2.24, 2.45) is 0 Å². The predicted octanol–water partition coefficient (Wildman–Crippen LogP) is 14.3. The Morgan fingerprint density at radius 1 is 0.264 bits per heavy atom. The first-order valence-corrected chi connectivity index (χ1v) is 21.3. The summed E-state index contributed by atoms with van der Waals surface area (Å²) >= 11 is 0. The second kappa shape index (κ2) is 20.2. The number of allylic oxidation sites excluding steroid dienone is 8. The van der Waals surface area contributed by atoms with Crippen LogP contribution in [-0.2, 0) is 19.2 Å². The van der Waals surface area contributed by atoms with E-state index in [0.717, 1.165) is 65.3 Å². The summed E-state index contributed by atoms with van der Waals surface area (Å²) in [6.07, 6.45) is 0. The summed E-state index contributed by atoms with van der Waals surface area (Å²) in [6.45, 7) is 8.18. The van der Waals surface area contributed by atoms with Crippen LogP contribution in [0, 0.1) is 27.7 Å². The largest absolute Gasteiger partial charge is 0.507 e. The summed E-state index contributed by atoms with van der Waals surface area (Å²) in [5.74, 6) is -25.2. The standard InChI is InChI=1S/2C22H18O2.2C6F4O2/c2*1-13-3-7-17-15(11-13)5-9-19(23)21(17)22-18-8-4-14(2)12-16(18)6-10-20(22)24;2*7-1-2(8)6(12)4(10)3(9)5(1)11/h2*3-12,23-24H,1-2H3;;. The molecule has 8 aromatic carbocycles. The van der Waals surface area contributed by atoms with E-state index in [4.69, 9.17) is 0 Å². The number of halogens is 8. The van der Waals surface area contributed by atoms with E-state index in [2.05, 4.69) is 24.3 Å². The number of ketones is 4. The third-order valence-electron chi connectivity index (χ3n) is 11.5. The van der Waals surface area contributed by atoms with Crippen LogP contribution in [0.2, 0.25) is 0 Å². The monoisotopic (exact) mass is 988 g/mol. The molecule has 2 aliphatic rings. The fraction of sp³-hybridized carbons (Fsp3) is 0.0714. The van der Waals surface area contributed by atoms with Gasteiger partial charge >= 0.3 is 0 Å². The van der Waals surface area contributed by atoms with Gasteiger partial charge in [-0.3, -0.25) is 19.2 Å². The minimum absolute atomic E-state index is 0.176. The van der Waals surface area contributed by atoms with Gasteiger partial charge in [0.25, 0.3) is 23.1 Å². The molecule has 0 aliphatic heterocycles. The van der Waals surface area contributed by atoms with Crippen LogP contribution in [0.3, 0.4) is 0 Å². The van der Waals surface area contributed by atoms with Gasteiger partial charge in [0.1, 0.15) is 23.0 Å². The molecule has 0 spiro atoms. The second-order valence-electron chi connectivity index (χ2n) is 16.6. The Bertz CT molecular complexity index is 3250. The number of carbonyl (C=O) groups excluding carboxylic acids is 4. The Balaban J connectivity index is 0.000000149. The molecule has 0 amide bonds. The maximum atomic E-state index is 12.1. The molecule has 16 heteroatoms. The van der Waals surface area contributed by atoms with Crippen molar-refractivity contribution in [1.82, 2.24) is 0 Å². The number of fused-ring (bicyclic) bond motifs is 4. The van der Waals surface area contributed by atoms with E-state index in [0.29, 0.717) is 22.3 Å².